The summed E-state index contributed by atoms with van der Waals surface area (Å²) in [5.74, 6) is -0.0664. The van der Waals surface area contributed by atoms with Crippen LogP contribution in [0.5, 0.6) is 5.75 Å². The molecule has 6 heteroatoms. The normalized spacial score (nSPS) is 10.3. The zero-order valence-corrected chi connectivity index (χ0v) is 12.1. The van der Waals surface area contributed by atoms with Gasteiger partial charge in [0.2, 0.25) is 0 Å². The highest BCUT2D eigenvalue weighted by atomic mass is 32.1. The summed E-state index contributed by atoms with van der Waals surface area (Å²) in [5, 5.41) is 0. The molecular weight excluding hydrogens is 291 g/mol. The minimum absolute atomic E-state index is 0.203. The van der Waals surface area contributed by atoms with Gasteiger partial charge in [-0.3, -0.25) is 4.79 Å². The van der Waals surface area contributed by atoms with E-state index >= 15 is 0 Å². The lowest BCUT2D eigenvalue weighted by atomic mass is 10.2. The molecule has 0 atom stereocenters. The summed E-state index contributed by atoms with van der Waals surface area (Å²) in [7, 11) is 0. The van der Waals surface area contributed by atoms with Gasteiger partial charge in [0, 0.05) is 19.2 Å². The molecule has 2 aromatic rings. The standard InChI is InChI=1S/C15H15FN2O2S/c16-12-5-3-11(4-6-12)10-20-13-2-1-8-18(15(13)19)9-7-14(17)21/h1-6,8H,7,9-10H2,(H2,17,21). The third-order valence-corrected chi connectivity index (χ3v) is 3.10. The Morgan fingerprint density at radius 3 is 2.67 bits per heavy atom. The Balaban J connectivity index is 2.06. The largest absolute Gasteiger partial charge is 0.483 e. The smallest absolute Gasteiger partial charge is 0.292 e. The zero-order chi connectivity index (χ0) is 15.2. The summed E-state index contributed by atoms with van der Waals surface area (Å²) in [6.45, 7) is 0.622. The number of pyridine rings is 1. The van der Waals surface area contributed by atoms with Crippen LogP contribution in [0.3, 0.4) is 0 Å². The van der Waals surface area contributed by atoms with E-state index < -0.39 is 0 Å². The first-order chi connectivity index (χ1) is 10.1. The van der Waals surface area contributed by atoms with Crippen molar-refractivity contribution in [2.75, 3.05) is 0 Å². The third-order valence-electron chi connectivity index (χ3n) is 2.89. The molecule has 2 N–H and O–H groups in total. The van der Waals surface area contributed by atoms with Gasteiger partial charge in [-0.05, 0) is 29.8 Å². The van der Waals surface area contributed by atoms with Crippen molar-refractivity contribution in [2.24, 2.45) is 5.73 Å². The molecular formula is C15H15FN2O2S. The molecule has 0 aliphatic heterocycles. The van der Waals surface area contributed by atoms with Crippen LogP contribution in [-0.4, -0.2) is 9.56 Å². The molecule has 0 aliphatic carbocycles. The molecule has 0 spiro atoms. The van der Waals surface area contributed by atoms with Crippen molar-refractivity contribution in [1.82, 2.24) is 4.57 Å². The van der Waals surface area contributed by atoms with E-state index in [9.17, 15) is 9.18 Å². The Kier molecular flexibility index (Phi) is 5.05. The van der Waals surface area contributed by atoms with Crippen LogP contribution in [0.1, 0.15) is 12.0 Å². The number of rotatable bonds is 6. The molecule has 110 valence electrons. The maximum absolute atomic E-state index is 12.8. The second-order valence-corrected chi connectivity index (χ2v) is 5.03. The molecule has 0 fully saturated rings. The predicted octanol–water partition coefficient (Wildman–Crippen LogP) is 2.24. The molecule has 0 radical (unpaired) electrons. The van der Waals surface area contributed by atoms with Crippen LogP contribution >= 0.6 is 12.2 Å². The lowest BCUT2D eigenvalue weighted by Crippen LogP contribution is -2.23. The fourth-order valence-electron chi connectivity index (χ4n) is 1.77. The summed E-state index contributed by atoms with van der Waals surface area (Å²) >= 11 is 4.80. The lowest BCUT2D eigenvalue weighted by molar-refractivity contribution is 0.299. The molecule has 0 saturated heterocycles. The average Bonchev–Trinajstić information content (AvgIpc) is 2.46. The molecule has 0 amide bonds. The fraction of sp³-hybridized carbons (Fsp3) is 0.200. The van der Waals surface area contributed by atoms with Gasteiger partial charge in [0.25, 0.3) is 5.56 Å². The van der Waals surface area contributed by atoms with Crippen molar-refractivity contribution in [3.05, 3.63) is 64.3 Å². The lowest BCUT2D eigenvalue weighted by Gasteiger charge is -2.09. The summed E-state index contributed by atoms with van der Waals surface area (Å²) in [5.41, 5.74) is 5.98. The van der Waals surface area contributed by atoms with Crippen LogP contribution in [-0.2, 0) is 13.2 Å². The van der Waals surface area contributed by atoms with Crippen molar-refractivity contribution in [1.29, 1.82) is 0 Å². The van der Waals surface area contributed by atoms with Crippen molar-refractivity contribution in [3.8, 4) is 5.75 Å². The molecule has 1 aromatic heterocycles. The third kappa shape index (κ3) is 4.39. The number of halogens is 1. The van der Waals surface area contributed by atoms with Crippen LogP contribution in [0.15, 0.2) is 47.4 Å². The minimum atomic E-state index is -0.307. The van der Waals surface area contributed by atoms with Gasteiger partial charge in [-0.1, -0.05) is 24.4 Å². The first kappa shape index (κ1) is 15.2. The maximum Gasteiger partial charge on any atom is 0.292 e. The summed E-state index contributed by atoms with van der Waals surface area (Å²) in [4.78, 5) is 12.5. The molecule has 0 aliphatic rings. The summed E-state index contributed by atoms with van der Waals surface area (Å²) in [6, 6.07) is 9.26. The molecule has 1 aromatic carbocycles. The van der Waals surface area contributed by atoms with Gasteiger partial charge in [0.05, 0.1) is 4.99 Å². The highest BCUT2D eigenvalue weighted by Crippen LogP contribution is 2.08. The molecule has 1 heterocycles. The molecule has 0 saturated carbocycles. The maximum atomic E-state index is 12.8. The van der Waals surface area contributed by atoms with E-state index in [1.54, 1.807) is 30.5 Å². The number of hydrogen-bond acceptors (Lipinski definition) is 3. The van der Waals surface area contributed by atoms with E-state index in [-0.39, 0.29) is 23.7 Å². The fourth-order valence-corrected chi connectivity index (χ4v) is 1.86. The van der Waals surface area contributed by atoms with Crippen molar-refractivity contribution >= 4 is 17.2 Å². The number of nitrogens with two attached hydrogens (primary N) is 1. The average molecular weight is 306 g/mol. The van der Waals surface area contributed by atoms with E-state index in [2.05, 4.69) is 0 Å². The van der Waals surface area contributed by atoms with E-state index in [0.717, 1.165) is 5.56 Å². The van der Waals surface area contributed by atoms with Crippen molar-refractivity contribution in [3.63, 3.8) is 0 Å². The van der Waals surface area contributed by atoms with E-state index in [4.69, 9.17) is 22.7 Å². The first-order valence-corrected chi connectivity index (χ1v) is 6.82. The number of aromatic nitrogens is 1. The Labute approximate surface area is 127 Å². The topological polar surface area (TPSA) is 57.2 Å². The molecule has 21 heavy (non-hydrogen) atoms. The Bertz CT molecular complexity index is 683. The highest BCUT2D eigenvalue weighted by molar-refractivity contribution is 7.80. The molecule has 2 rings (SSSR count). The first-order valence-electron chi connectivity index (χ1n) is 6.41. The van der Waals surface area contributed by atoms with Crippen LogP contribution in [0.25, 0.3) is 0 Å². The van der Waals surface area contributed by atoms with Crippen LogP contribution in [0, 0.1) is 5.82 Å². The monoisotopic (exact) mass is 306 g/mol. The van der Waals surface area contributed by atoms with E-state index in [1.807, 2.05) is 0 Å². The van der Waals surface area contributed by atoms with Crippen molar-refractivity contribution in [2.45, 2.75) is 19.6 Å². The van der Waals surface area contributed by atoms with Gasteiger partial charge in [0.1, 0.15) is 12.4 Å². The minimum Gasteiger partial charge on any atom is -0.483 e. The highest BCUT2D eigenvalue weighted by Gasteiger charge is 2.05. The Morgan fingerprint density at radius 2 is 2.00 bits per heavy atom. The quantitative estimate of drug-likeness (QED) is 0.832. The number of hydrogen-bond donors (Lipinski definition) is 1. The summed E-state index contributed by atoms with van der Waals surface area (Å²) < 4.78 is 19.8. The molecule has 0 bridgehead atoms. The van der Waals surface area contributed by atoms with Crippen LogP contribution in [0.4, 0.5) is 4.39 Å². The van der Waals surface area contributed by atoms with Gasteiger partial charge in [-0.15, -0.1) is 0 Å². The Morgan fingerprint density at radius 1 is 1.29 bits per heavy atom. The zero-order valence-electron chi connectivity index (χ0n) is 11.3. The number of nitrogens with zero attached hydrogens (tertiary/aromatic N) is 1. The van der Waals surface area contributed by atoms with Gasteiger partial charge in [-0.25, -0.2) is 4.39 Å². The van der Waals surface area contributed by atoms with Crippen LogP contribution in [0.2, 0.25) is 0 Å². The molecule has 4 nitrogen and oxygen atoms in total. The second-order valence-electron chi connectivity index (χ2n) is 4.50. The van der Waals surface area contributed by atoms with Gasteiger partial charge >= 0.3 is 0 Å². The molecule has 0 unspecified atom stereocenters. The Hall–Kier alpha value is -2.21. The summed E-state index contributed by atoms with van der Waals surface area (Å²) in [6.07, 6.45) is 2.11. The SMILES string of the molecule is NC(=S)CCn1cccc(OCc2ccc(F)cc2)c1=O. The number of ether oxygens (including phenoxy) is 1. The van der Waals surface area contributed by atoms with Gasteiger partial charge < -0.3 is 15.0 Å². The number of benzene rings is 1. The number of aryl methyl sites for hydroxylation is 1. The predicted molar refractivity (Wildman–Crippen MR) is 82.8 cm³/mol. The van der Waals surface area contributed by atoms with Crippen molar-refractivity contribution < 1.29 is 9.13 Å². The van der Waals surface area contributed by atoms with Gasteiger partial charge in [0.15, 0.2) is 5.75 Å². The van der Waals surface area contributed by atoms with Gasteiger partial charge in [-0.2, -0.15) is 0 Å². The van der Waals surface area contributed by atoms with Crippen LogP contribution < -0.4 is 16.0 Å². The van der Waals surface area contributed by atoms with E-state index in [1.165, 1.54) is 16.7 Å². The number of thiocarbonyl (C=S) groups is 1. The second kappa shape index (κ2) is 6.99. The van der Waals surface area contributed by atoms with E-state index in [0.29, 0.717) is 18.0 Å².